The standard InChI is InChI=1S/C21H18N4O3S/c26-20(7-8-25-13-22-15-3-1-2-4-17(15)25)24-21-23-16(12-29-21)14-5-6-18-19(11-14)28-10-9-27-18/h1-6,11-13H,7-10H2,(H,23,24,26). The molecule has 7 nitrogen and oxygen atoms in total. The van der Waals surface area contributed by atoms with E-state index in [1.807, 2.05) is 52.4 Å². The fraction of sp³-hybridized carbons (Fsp3) is 0.190. The number of hydrogen-bond acceptors (Lipinski definition) is 6. The second-order valence-corrected chi connectivity index (χ2v) is 7.48. The summed E-state index contributed by atoms with van der Waals surface area (Å²) in [6, 6.07) is 13.6. The number of thiazole rings is 1. The minimum absolute atomic E-state index is 0.0779. The molecule has 146 valence electrons. The lowest BCUT2D eigenvalue weighted by Gasteiger charge is -2.18. The largest absolute Gasteiger partial charge is 0.486 e. The molecule has 2 aromatic carbocycles. The number of carbonyl (C=O) groups excluding carboxylic acids is 1. The number of aryl methyl sites for hydroxylation is 1. The van der Waals surface area contributed by atoms with Gasteiger partial charge >= 0.3 is 0 Å². The van der Waals surface area contributed by atoms with Crippen LogP contribution in [-0.4, -0.2) is 33.7 Å². The van der Waals surface area contributed by atoms with Gasteiger partial charge in [0, 0.05) is 23.9 Å². The maximum Gasteiger partial charge on any atom is 0.227 e. The number of ether oxygens (including phenoxy) is 2. The molecular weight excluding hydrogens is 388 g/mol. The van der Waals surface area contributed by atoms with Gasteiger partial charge in [-0.1, -0.05) is 12.1 Å². The maximum absolute atomic E-state index is 12.4. The van der Waals surface area contributed by atoms with Crippen LogP contribution in [0.25, 0.3) is 22.3 Å². The molecule has 1 N–H and O–H groups in total. The second-order valence-electron chi connectivity index (χ2n) is 6.62. The third-order valence-corrected chi connectivity index (χ3v) is 5.45. The van der Waals surface area contributed by atoms with E-state index in [1.165, 1.54) is 11.3 Å². The van der Waals surface area contributed by atoms with Crippen LogP contribution in [0, 0.1) is 0 Å². The maximum atomic E-state index is 12.4. The van der Waals surface area contributed by atoms with Gasteiger partial charge in [0.1, 0.15) is 13.2 Å². The molecule has 4 aromatic rings. The Bertz CT molecular complexity index is 1180. The van der Waals surface area contributed by atoms with Crippen LogP contribution in [0.5, 0.6) is 11.5 Å². The van der Waals surface area contributed by atoms with Crippen molar-refractivity contribution in [3.63, 3.8) is 0 Å². The number of nitrogens with one attached hydrogen (secondary N) is 1. The summed E-state index contributed by atoms with van der Waals surface area (Å²) in [5.41, 5.74) is 3.67. The number of rotatable bonds is 5. The lowest BCUT2D eigenvalue weighted by atomic mass is 10.1. The highest BCUT2D eigenvalue weighted by Crippen LogP contribution is 2.35. The Balaban J connectivity index is 1.23. The fourth-order valence-corrected chi connectivity index (χ4v) is 3.99. The van der Waals surface area contributed by atoms with Crippen LogP contribution in [0.3, 0.4) is 0 Å². The number of hydrogen-bond donors (Lipinski definition) is 1. The Morgan fingerprint density at radius 1 is 1.14 bits per heavy atom. The molecule has 0 unspecified atom stereocenters. The molecule has 0 fully saturated rings. The predicted molar refractivity (Wildman–Crippen MR) is 112 cm³/mol. The van der Waals surface area contributed by atoms with Gasteiger partial charge < -0.3 is 19.4 Å². The average Bonchev–Trinajstić information content (AvgIpc) is 3.39. The number of para-hydroxylation sites is 2. The zero-order chi connectivity index (χ0) is 19.6. The molecule has 0 spiro atoms. The molecule has 0 bridgehead atoms. The molecule has 1 aliphatic heterocycles. The minimum atomic E-state index is -0.0779. The van der Waals surface area contributed by atoms with Crippen molar-refractivity contribution >= 4 is 33.4 Å². The number of anilines is 1. The van der Waals surface area contributed by atoms with Gasteiger partial charge in [-0.05, 0) is 30.3 Å². The molecule has 1 amide bonds. The van der Waals surface area contributed by atoms with Crippen molar-refractivity contribution < 1.29 is 14.3 Å². The van der Waals surface area contributed by atoms with Crippen LogP contribution in [0.15, 0.2) is 54.2 Å². The molecule has 1 aliphatic rings. The van der Waals surface area contributed by atoms with Crippen molar-refractivity contribution in [3.05, 3.63) is 54.2 Å². The number of amides is 1. The summed E-state index contributed by atoms with van der Waals surface area (Å²) in [6.07, 6.45) is 2.11. The SMILES string of the molecule is O=C(CCn1cnc2ccccc21)Nc1nc(-c2ccc3c(c2)OCCO3)cs1. The van der Waals surface area contributed by atoms with E-state index in [2.05, 4.69) is 15.3 Å². The van der Waals surface area contributed by atoms with Gasteiger partial charge in [-0.2, -0.15) is 0 Å². The lowest BCUT2D eigenvalue weighted by Crippen LogP contribution is -2.15. The summed E-state index contributed by atoms with van der Waals surface area (Å²) in [5, 5.41) is 5.38. The molecular formula is C21H18N4O3S. The number of aromatic nitrogens is 3. The smallest absolute Gasteiger partial charge is 0.227 e. The molecule has 29 heavy (non-hydrogen) atoms. The van der Waals surface area contributed by atoms with Crippen LogP contribution in [0.2, 0.25) is 0 Å². The van der Waals surface area contributed by atoms with Crippen molar-refractivity contribution in [3.8, 4) is 22.8 Å². The average molecular weight is 406 g/mol. The lowest BCUT2D eigenvalue weighted by molar-refractivity contribution is -0.116. The number of nitrogens with zero attached hydrogens (tertiary/aromatic N) is 3. The van der Waals surface area contributed by atoms with Crippen molar-refractivity contribution in [1.82, 2.24) is 14.5 Å². The Hall–Kier alpha value is -3.39. The molecule has 0 saturated carbocycles. The van der Waals surface area contributed by atoms with E-state index in [0.29, 0.717) is 31.3 Å². The van der Waals surface area contributed by atoms with Crippen LogP contribution < -0.4 is 14.8 Å². The van der Waals surface area contributed by atoms with E-state index in [9.17, 15) is 4.79 Å². The highest BCUT2D eigenvalue weighted by Gasteiger charge is 2.14. The van der Waals surface area contributed by atoms with E-state index in [0.717, 1.165) is 33.8 Å². The Labute approximate surface area is 170 Å². The summed E-state index contributed by atoms with van der Waals surface area (Å²) in [6.45, 7) is 1.67. The van der Waals surface area contributed by atoms with E-state index in [-0.39, 0.29) is 5.91 Å². The molecule has 0 saturated heterocycles. The van der Waals surface area contributed by atoms with Crippen molar-refractivity contribution in [2.75, 3.05) is 18.5 Å². The molecule has 2 aromatic heterocycles. The van der Waals surface area contributed by atoms with Crippen molar-refractivity contribution in [1.29, 1.82) is 0 Å². The van der Waals surface area contributed by atoms with Gasteiger partial charge in [-0.15, -0.1) is 11.3 Å². The predicted octanol–water partition coefficient (Wildman–Crippen LogP) is 3.96. The van der Waals surface area contributed by atoms with Crippen LogP contribution >= 0.6 is 11.3 Å². The number of benzene rings is 2. The summed E-state index contributed by atoms with van der Waals surface area (Å²) < 4.78 is 13.2. The molecule has 0 aliphatic carbocycles. The zero-order valence-corrected chi connectivity index (χ0v) is 16.3. The van der Waals surface area contributed by atoms with Gasteiger partial charge in [0.2, 0.25) is 5.91 Å². The Morgan fingerprint density at radius 3 is 2.93 bits per heavy atom. The van der Waals surface area contributed by atoms with E-state index in [4.69, 9.17) is 9.47 Å². The minimum Gasteiger partial charge on any atom is -0.486 e. The summed E-state index contributed by atoms with van der Waals surface area (Å²) in [7, 11) is 0. The molecule has 0 radical (unpaired) electrons. The Morgan fingerprint density at radius 2 is 2.00 bits per heavy atom. The van der Waals surface area contributed by atoms with Gasteiger partial charge in [-0.25, -0.2) is 9.97 Å². The number of imidazole rings is 1. The topological polar surface area (TPSA) is 78.3 Å². The first-order valence-corrected chi connectivity index (χ1v) is 10.2. The van der Waals surface area contributed by atoms with Gasteiger partial charge in [-0.3, -0.25) is 4.79 Å². The van der Waals surface area contributed by atoms with E-state index < -0.39 is 0 Å². The summed E-state index contributed by atoms with van der Waals surface area (Å²) >= 11 is 1.40. The van der Waals surface area contributed by atoms with Gasteiger partial charge in [0.05, 0.1) is 23.1 Å². The fourth-order valence-electron chi connectivity index (χ4n) is 3.26. The van der Waals surface area contributed by atoms with Gasteiger partial charge in [0.25, 0.3) is 0 Å². The summed E-state index contributed by atoms with van der Waals surface area (Å²) in [4.78, 5) is 21.3. The molecule has 3 heterocycles. The van der Waals surface area contributed by atoms with Crippen LogP contribution in [0.1, 0.15) is 6.42 Å². The van der Waals surface area contributed by atoms with E-state index in [1.54, 1.807) is 6.33 Å². The quantitative estimate of drug-likeness (QED) is 0.543. The highest BCUT2D eigenvalue weighted by atomic mass is 32.1. The third-order valence-electron chi connectivity index (χ3n) is 4.70. The van der Waals surface area contributed by atoms with Crippen LogP contribution in [-0.2, 0) is 11.3 Å². The normalized spacial score (nSPS) is 12.8. The molecule has 5 rings (SSSR count). The first-order chi connectivity index (χ1) is 14.3. The number of carbonyl (C=O) groups is 1. The third kappa shape index (κ3) is 3.66. The highest BCUT2D eigenvalue weighted by molar-refractivity contribution is 7.14. The second kappa shape index (κ2) is 7.56. The monoisotopic (exact) mass is 406 g/mol. The summed E-state index contributed by atoms with van der Waals surface area (Å²) in [5.74, 6) is 1.39. The molecule has 0 atom stereocenters. The van der Waals surface area contributed by atoms with Crippen molar-refractivity contribution in [2.24, 2.45) is 0 Å². The van der Waals surface area contributed by atoms with Gasteiger partial charge in [0.15, 0.2) is 16.6 Å². The first-order valence-electron chi connectivity index (χ1n) is 9.31. The first kappa shape index (κ1) is 17.7. The number of fused-ring (bicyclic) bond motifs is 2. The van der Waals surface area contributed by atoms with Crippen molar-refractivity contribution in [2.45, 2.75) is 13.0 Å². The Kier molecular flexibility index (Phi) is 4.61. The van der Waals surface area contributed by atoms with Crippen LogP contribution in [0.4, 0.5) is 5.13 Å². The van der Waals surface area contributed by atoms with E-state index >= 15 is 0 Å². The zero-order valence-electron chi connectivity index (χ0n) is 15.5. The molecule has 8 heteroatoms.